The summed E-state index contributed by atoms with van der Waals surface area (Å²) in [7, 11) is 0. The van der Waals surface area contributed by atoms with E-state index in [0.717, 1.165) is 5.56 Å². The van der Waals surface area contributed by atoms with Gasteiger partial charge >= 0.3 is 11.9 Å². The van der Waals surface area contributed by atoms with Crippen LogP contribution in [0.1, 0.15) is 39.2 Å². The van der Waals surface area contributed by atoms with E-state index in [4.69, 9.17) is 14.2 Å². The molecule has 0 unspecified atom stereocenters. The number of carbonyl (C=O) groups excluding carboxylic acids is 2. The Morgan fingerprint density at radius 3 is 2.64 bits per heavy atom. The van der Waals surface area contributed by atoms with Gasteiger partial charge in [0, 0.05) is 17.0 Å². The van der Waals surface area contributed by atoms with Gasteiger partial charge in [-0.2, -0.15) is 0 Å². The van der Waals surface area contributed by atoms with Gasteiger partial charge in [-0.25, -0.2) is 9.59 Å². The molecule has 0 aliphatic carbocycles. The zero-order valence-electron chi connectivity index (χ0n) is 14.8. The standard InChI is InChI=1S/C19H21NO5/c1-5-23-13-9-7-8-12-16-14(18(21)24-6-2)10(3)20-11(4)15(16)19(22)25-17(12)13/h7-9,16,20H,5-6H2,1-4H3/t16-/m1/s1. The molecule has 0 aromatic heterocycles. The van der Waals surface area contributed by atoms with Gasteiger partial charge in [0.2, 0.25) is 0 Å². The molecule has 0 bridgehead atoms. The molecule has 0 spiro atoms. The molecular formula is C19H21NO5. The minimum absolute atomic E-state index is 0.261. The number of rotatable bonds is 4. The highest BCUT2D eigenvalue weighted by atomic mass is 16.6. The molecule has 2 heterocycles. The van der Waals surface area contributed by atoms with Gasteiger partial charge in [0.1, 0.15) is 0 Å². The van der Waals surface area contributed by atoms with E-state index in [1.54, 1.807) is 26.8 Å². The highest BCUT2D eigenvalue weighted by molar-refractivity contribution is 6.02. The number of esters is 2. The Labute approximate surface area is 146 Å². The van der Waals surface area contributed by atoms with Crippen LogP contribution >= 0.6 is 0 Å². The molecule has 0 radical (unpaired) electrons. The van der Waals surface area contributed by atoms with E-state index in [9.17, 15) is 9.59 Å². The quantitative estimate of drug-likeness (QED) is 0.669. The average Bonchev–Trinajstić information content (AvgIpc) is 2.55. The third-order valence-electron chi connectivity index (χ3n) is 4.29. The van der Waals surface area contributed by atoms with Gasteiger partial charge in [0.05, 0.1) is 30.3 Å². The van der Waals surface area contributed by atoms with Crippen LogP contribution in [0.15, 0.2) is 40.7 Å². The Balaban J connectivity index is 2.21. The molecule has 0 saturated carbocycles. The van der Waals surface area contributed by atoms with Gasteiger partial charge in [-0.1, -0.05) is 12.1 Å². The van der Waals surface area contributed by atoms with Crippen molar-refractivity contribution in [1.29, 1.82) is 0 Å². The second-order valence-electron chi connectivity index (χ2n) is 5.85. The third kappa shape index (κ3) is 2.77. The van der Waals surface area contributed by atoms with Crippen LogP contribution in [0.3, 0.4) is 0 Å². The Morgan fingerprint density at radius 2 is 1.96 bits per heavy atom. The fourth-order valence-electron chi connectivity index (χ4n) is 3.34. The molecule has 1 aromatic carbocycles. The first-order chi connectivity index (χ1) is 12.0. The smallest absolute Gasteiger partial charge is 0.342 e. The molecule has 2 aliphatic rings. The van der Waals surface area contributed by atoms with E-state index in [1.807, 2.05) is 19.1 Å². The Bertz CT molecular complexity index is 806. The lowest BCUT2D eigenvalue weighted by Crippen LogP contribution is -2.36. The number of ether oxygens (including phenoxy) is 3. The van der Waals surface area contributed by atoms with E-state index >= 15 is 0 Å². The second kappa shape index (κ2) is 6.63. The summed E-state index contributed by atoms with van der Waals surface area (Å²) in [5.41, 5.74) is 2.92. The molecule has 1 N–H and O–H groups in total. The van der Waals surface area contributed by atoms with Crippen LogP contribution in [0.5, 0.6) is 11.5 Å². The van der Waals surface area contributed by atoms with Crippen molar-refractivity contribution < 1.29 is 23.8 Å². The van der Waals surface area contributed by atoms with Gasteiger partial charge in [-0.3, -0.25) is 0 Å². The summed E-state index contributed by atoms with van der Waals surface area (Å²) in [5.74, 6) is -0.595. The third-order valence-corrected chi connectivity index (χ3v) is 4.29. The fraction of sp³-hybridized carbons (Fsp3) is 0.368. The van der Waals surface area contributed by atoms with E-state index in [2.05, 4.69) is 5.32 Å². The van der Waals surface area contributed by atoms with Crippen LogP contribution in [-0.4, -0.2) is 25.2 Å². The number of nitrogens with one attached hydrogen (secondary N) is 1. The summed E-state index contributed by atoms with van der Waals surface area (Å²) < 4.78 is 16.4. The van der Waals surface area contributed by atoms with Crippen LogP contribution in [0.2, 0.25) is 0 Å². The molecule has 1 atom stereocenters. The molecule has 0 fully saturated rings. The number of allylic oxidation sites excluding steroid dienone is 2. The number of hydrogen-bond donors (Lipinski definition) is 1. The van der Waals surface area contributed by atoms with Crippen LogP contribution in [0, 0.1) is 0 Å². The van der Waals surface area contributed by atoms with Gasteiger partial charge in [0.25, 0.3) is 0 Å². The molecule has 1 aromatic rings. The average molecular weight is 343 g/mol. The largest absolute Gasteiger partial charge is 0.490 e. The van der Waals surface area contributed by atoms with Gasteiger partial charge in [-0.05, 0) is 33.8 Å². The van der Waals surface area contributed by atoms with Crippen LogP contribution < -0.4 is 14.8 Å². The van der Waals surface area contributed by atoms with E-state index < -0.39 is 17.9 Å². The lowest BCUT2D eigenvalue weighted by atomic mass is 9.78. The van der Waals surface area contributed by atoms with Gasteiger partial charge < -0.3 is 19.5 Å². The zero-order chi connectivity index (χ0) is 18.1. The molecule has 2 aliphatic heterocycles. The highest BCUT2D eigenvalue weighted by Crippen LogP contribution is 2.49. The van der Waals surface area contributed by atoms with Crippen molar-refractivity contribution in [2.24, 2.45) is 0 Å². The lowest BCUT2D eigenvalue weighted by molar-refractivity contribution is -0.139. The SMILES string of the molecule is CCOC(=O)C1=C(C)NC(C)=C2C(=O)Oc3c(OCC)cccc3[C@H]12. The Morgan fingerprint density at radius 1 is 1.20 bits per heavy atom. The molecular weight excluding hydrogens is 322 g/mol. The summed E-state index contributed by atoms with van der Waals surface area (Å²) >= 11 is 0. The van der Waals surface area contributed by atoms with E-state index in [-0.39, 0.29) is 6.61 Å². The van der Waals surface area contributed by atoms with Gasteiger partial charge in [-0.15, -0.1) is 0 Å². The molecule has 0 amide bonds. The van der Waals surface area contributed by atoms with Crippen molar-refractivity contribution in [3.05, 3.63) is 46.3 Å². The van der Waals surface area contributed by atoms with Crippen LogP contribution in [0.4, 0.5) is 0 Å². The van der Waals surface area contributed by atoms with Crippen molar-refractivity contribution in [1.82, 2.24) is 5.32 Å². The predicted molar refractivity (Wildman–Crippen MR) is 91.2 cm³/mol. The number of dihydropyridines is 1. The van der Waals surface area contributed by atoms with Crippen molar-refractivity contribution in [2.75, 3.05) is 13.2 Å². The topological polar surface area (TPSA) is 73.9 Å². The maximum Gasteiger partial charge on any atom is 0.342 e. The minimum atomic E-state index is -0.531. The first kappa shape index (κ1) is 17.1. The molecule has 0 saturated heterocycles. The Kier molecular flexibility index (Phi) is 4.53. The number of carbonyl (C=O) groups is 2. The number of benzene rings is 1. The second-order valence-corrected chi connectivity index (χ2v) is 5.85. The van der Waals surface area contributed by atoms with Crippen molar-refractivity contribution in [3.63, 3.8) is 0 Å². The normalized spacial score (nSPS) is 18.9. The first-order valence-electron chi connectivity index (χ1n) is 8.33. The molecule has 6 nitrogen and oxygen atoms in total. The summed E-state index contributed by atoms with van der Waals surface area (Å²) in [6.07, 6.45) is 0. The van der Waals surface area contributed by atoms with Crippen molar-refractivity contribution >= 4 is 11.9 Å². The predicted octanol–water partition coefficient (Wildman–Crippen LogP) is 2.80. The fourth-order valence-corrected chi connectivity index (χ4v) is 3.34. The number of para-hydroxylation sites is 1. The van der Waals surface area contributed by atoms with E-state index in [1.165, 1.54) is 0 Å². The maximum atomic E-state index is 12.6. The molecule has 25 heavy (non-hydrogen) atoms. The highest BCUT2D eigenvalue weighted by Gasteiger charge is 2.43. The Hall–Kier alpha value is -2.76. The first-order valence-corrected chi connectivity index (χ1v) is 8.33. The summed E-state index contributed by atoms with van der Waals surface area (Å²) in [4.78, 5) is 25.2. The number of fused-ring (bicyclic) bond motifs is 3. The summed E-state index contributed by atoms with van der Waals surface area (Å²) in [5, 5.41) is 3.10. The number of hydrogen-bond acceptors (Lipinski definition) is 6. The monoisotopic (exact) mass is 343 g/mol. The molecule has 6 heteroatoms. The maximum absolute atomic E-state index is 12.6. The summed E-state index contributed by atoms with van der Waals surface area (Å²) in [6, 6.07) is 5.43. The van der Waals surface area contributed by atoms with Crippen molar-refractivity contribution in [2.45, 2.75) is 33.6 Å². The lowest BCUT2D eigenvalue weighted by Gasteiger charge is -2.34. The summed E-state index contributed by atoms with van der Waals surface area (Å²) in [6.45, 7) is 7.92. The van der Waals surface area contributed by atoms with Gasteiger partial charge in [0.15, 0.2) is 11.5 Å². The molecule has 132 valence electrons. The minimum Gasteiger partial charge on any atom is -0.490 e. The molecule has 3 rings (SSSR count). The zero-order valence-corrected chi connectivity index (χ0v) is 14.8. The van der Waals surface area contributed by atoms with Crippen molar-refractivity contribution in [3.8, 4) is 11.5 Å². The van der Waals surface area contributed by atoms with Crippen LogP contribution in [-0.2, 0) is 14.3 Å². The van der Waals surface area contributed by atoms with E-state index in [0.29, 0.717) is 40.6 Å². The van der Waals surface area contributed by atoms with Crippen LogP contribution in [0.25, 0.3) is 0 Å².